The molecule has 1 aliphatic rings. The number of nitrogens with one attached hydrogen (secondary N) is 1. The van der Waals surface area contributed by atoms with Crippen molar-refractivity contribution in [1.82, 2.24) is 0 Å². The van der Waals surface area contributed by atoms with Crippen molar-refractivity contribution >= 4 is 29.2 Å². The number of carbonyl (C=O) groups is 3. The van der Waals surface area contributed by atoms with Gasteiger partial charge in [0.15, 0.2) is 17.7 Å². The van der Waals surface area contributed by atoms with E-state index < -0.39 is 23.8 Å². The fraction of sp³-hybridized carbons (Fsp3) is 0.211. The van der Waals surface area contributed by atoms with Gasteiger partial charge in [0, 0.05) is 0 Å². The Morgan fingerprint density at radius 3 is 2.67 bits per heavy atom. The number of benzene rings is 2. The van der Waals surface area contributed by atoms with E-state index in [1.165, 1.54) is 31.1 Å². The van der Waals surface area contributed by atoms with E-state index in [1.54, 1.807) is 24.3 Å². The van der Waals surface area contributed by atoms with E-state index in [4.69, 9.17) is 9.47 Å². The molecule has 7 nitrogen and oxygen atoms in total. The molecule has 8 heteroatoms. The number of nitrogens with zero attached hydrogens (tertiary/aromatic N) is 1. The van der Waals surface area contributed by atoms with E-state index in [0.29, 0.717) is 11.4 Å². The first-order valence-electron chi connectivity index (χ1n) is 8.15. The topological polar surface area (TPSA) is 84.9 Å². The van der Waals surface area contributed by atoms with Crippen LogP contribution in [0.1, 0.15) is 17.3 Å². The number of hydrogen-bond donors (Lipinski definition) is 1. The first-order chi connectivity index (χ1) is 12.9. The molecule has 0 saturated carbocycles. The number of carbonyl (C=O) groups excluding carboxylic acids is 3. The van der Waals surface area contributed by atoms with Crippen LogP contribution in [-0.2, 0) is 14.3 Å². The molecule has 0 saturated heterocycles. The molecule has 2 aromatic carbocycles. The van der Waals surface area contributed by atoms with Gasteiger partial charge in [-0.05, 0) is 37.3 Å². The lowest BCUT2D eigenvalue weighted by Crippen LogP contribution is -2.47. The van der Waals surface area contributed by atoms with E-state index in [1.807, 2.05) is 0 Å². The Balaban J connectivity index is 1.75. The molecule has 1 heterocycles. The van der Waals surface area contributed by atoms with Gasteiger partial charge in [-0.15, -0.1) is 0 Å². The van der Waals surface area contributed by atoms with Gasteiger partial charge in [-0.25, -0.2) is 9.18 Å². The van der Waals surface area contributed by atoms with Crippen molar-refractivity contribution in [1.29, 1.82) is 0 Å². The van der Waals surface area contributed by atoms with Crippen molar-refractivity contribution in [2.24, 2.45) is 0 Å². The lowest BCUT2D eigenvalue weighted by Gasteiger charge is -2.30. The fourth-order valence-electron chi connectivity index (χ4n) is 2.72. The number of para-hydroxylation sites is 2. The average molecular weight is 372 g/mol. The standard InChI is InChI=1S/C19H17FN2O5/c1-11(27-19(25)12-7-8-16(26-2)13(20)9-12)18(24)22-10-17(23)21-14-5-3-4-6-15(14)22/h3-9,11H,10H2,1-2H3,(H,21,23)/t11-/m0/s1. The summed E-state index contributed by atoms with van der Waals surface area (Å²) in [7, 11) is 1.31. The summed E-state index contributed by atoms with van der Waals surface area (Å²) in [4.78, 5) is 38.0. The third-order valence-corrected chi connectivity index (χ3v) is 4.06. The number of halogens is 1. The Labute approximate surface area is 154 Å². The molecule has 1 aliphatic heterocycles. The molecule has 0 unspecified atom stereocenters. The number of amides is 2. The molecule has 1 atom stereocenters. The molecule has 2 aromatic rings. The lowest BCUT2D eigenvalue weighted by molar-refractivity contribution is -0.128. The lowest BCUT2D eigenvalue weighted by atomic mass is 10.1. The van der Waals surface area contributed by atoms with Crippen LogP contribution in [0.5, 0.6) is 5.75 Å². The third-order valence-electron chi connectivity index (χ3n) is 4.06. The Morgan fingerprint density at radius 2 is 1.96 bits per heavy atom. The Morgan fingerprint density at radius 1 is 1.22 bits per heavy atom. The number of anilines is 2. The van der Waals surface area contributed by atoms with Crippen LogP contribution in [-0.4, -0.2) is 37.5 Å². The SMILES string of the molecule is COc1ccc(C(=O)O[C@@H](C)C(=O)N2CC(=O)Nc3ccccc32)cc1F. The van der Waals surface area contributed by atoms with Gasteiger partial charge < -0.3 is 14.8 Å². The summed E-state index contributed by atoms with van der Waals surface area (Å²) < 4.78 is 23.7. The molecule has 3 rings (SSSR count). The molecule has 0 aromatic heterocycles. The van der Waals surface area contributed by atoms with Crippen LogP contribution >= 0.6 is 0 Å². The van der Waals surface area contributed by atoms with Gasteiger partial charge in [0.25, 0.3) is 5.91 Å². The van der Waals surface area contributed by atoms with E-state index >= 15 is 0 Å². The summed E-state index contributed by atoms with van der Waals surface area (Å²) >= 11 is 0. The van der Waals surface area contributed by atoms with Crippen LogP contribution in [0.2, 0.25) is 0 Å². The molecule has 0 bridgehead atoms. The van der Waals surface area contributed by atoms with Crippen molar-refractivity contribution in [3.8, 4) is 5.75 Å². The van der Waals surface area contributed by atoms with Gasteiger partial charge in [-0.2, -0.15) is 0 Å². The minimum Gasteiger partial charge on any atom is -0.494 e. The number of methoxy groups -OCH3 is 1. The molecule has 1 N–H and O–H groups in total. The minimum atomic E-state index is -1.17. The number of fused-ring (bicyclic) bond motifs is 1. The van der Waals surface area contributed by atoms with Gasteiger partial charge in [-0.3, -0.25) is 14.5 Å². The molecule has 0 fully saturated rings. The maximum absolute atomic E-state index is 13.8. The number of ether oxygens (including phenoxy) is 2. The first-order valence-corrected chi connectivity index (χ1v) is 8.15. The fourth-order valence-corrected chi connectivity index (χ4v) is 2.72. The maximum Gasteiger partial charge on any atom is 0.339 e. The van der Waals surface area contributed by atoms with Crippen molar-refractivity contribution in [3.05, 3.63) is 53.8 Å². The second kappa shape index (κ2) is 7.45. The smallest absolute Gasteiger partial charge is 0.339 e. The second-order valence-electron chi connectivity index (χ2n) is 5.89. The Bertz CT molecular complexity index is 915. The number of esters is 1. The Kier molecular flexibility index (Phi) is 5.07. The van der Waals surface area contributed by atoms with Crippen LogP contribution in [0.25, 0.3) is 0 Å². The van der Waals surface area contributed by atoms with E-state index in [9.17, 15) is 18.8 Å². The number of hydrogen-bond acceptors (Lipinski definition) is 5. The van der Waals surface area contributed by atoms with Crippen molar-refractivity contribution < 1.29 is 28.2 Å². The highest BCUT2D eigenvalue weighted by Gasteiger charge is 2.31. The van der Waals surface area contributed by atoms with Gasteiger partial charge in [0.2, 0.25) is 5.91 Å². The zero-order valence-electron chi connectivity index (χ0n) is 14.7. The summed E-state index contributed by atoms with van der Waals surface area (Å²) in [6, 6.07) is 10.4. The first kappa shape index (κ1) is 18.4. The minimum absolute atomic E-state index is 0.00777. The average Bonchev–Trinajstić information content (AvgIpc) is 2.66. The van der Waals surface area contributed by atoms with Gasteiger partial charge in [0.1, 0.15) is 6.54 Å². The third kappa shape index (κ3) is 3.74. The molecule has 140 valence electrons. The summed E-state index contributed by atoms with van der Waals surface area (Å²) in [6.07, 6.45) is -1.17. The summed E-state index contributed by atoms with van der Waals surface area (Å²) in [5, 5.41) is 2.67. The molecular formula is C19H17FN2O5. The second-order valence-corrected chi connectivity index (χ2v) is 5.89. The zero-order chi connectivity index (χ0) is 19.6. The van der Waals surface area contributed by atoms with Crippen molar-refractivity contribution in [2.75, 3.05) is 23.9 Å². The van der Waals surface area contributed by atoms with Gasteiger partial charge in [0.05, 0.1) is 24.0 Å². The van der Waals surface area contributed by atoms with Crippen LogP contribution in [0.3, 0.4) is 0 Å². The monoisotopic (exact) mass is 372 g/mol. The van der Waals surface area contributed by atoms with E-state index in [0.717, 1.165) is 6.07 Å². The molecule has 0 aliphatic carbocycles. The highest BCUT2D eigenvalue weighted by molar-refractivity contribution is 6.11. The van der Waals surface area contributed by atoms with Crippen molar-refractivity contribution in [2.45, 2.75) is 13.0 Å². The van der Waals surface area contributed by atoms with Crippen LogP contribution in [0.15, 0.2) is 42.5 Å². The maximum atomic E-state index is 13.8. The van der Waals surface area contributed by atoms with Gasteiger partial charge in [-0.1, -0.05) is 12.1 Å². The van der Waals surface area contributed by atoms with Crippen LogP contribution in [0.4, 0.5) is 15.8 Å². The molecule has 27 heavy (non-hydrogen) atoms. The summed E-state index contributed by atoms with van der Waals surface area (Å²) in [5.41, 5.74) is 0.961. The molecule has 0 spiro atoms. The van der Waals surface area contributed by atoms with Crippen LogP contribution < -0.4 is 15.0 Å². The molecule has 0 radical (unpaired) electrons. The van der Waals surface area contributed by atoms with E-state index in [-0.39, 0.29) is 23.8 Å². The summed E-state index contributed by atoms with van der Waals surface area (Å²) in [6.45, 7) is 1.21. The predicted molar refractivity (Wildman–Crippen MR) is 95.3 cm³/mol. The largest absolute Gasteiger partial charge is 0.494 e. The normalized spacial score (nSPS) is 14.0. The van der Waals surface area contributed by atoms with Gasteiger partial charge >= 0.3 is 5.97 Å². The number of rotatable bonds is 4. The van der Waals surface area contributed by atoms with Crippen LogP contribution in [0, 0.1) is 5.82 Å². The predicted octanol–water partition coefficient (Wildman–Crippen LogP) is 2.36. The van der Waals surface area contributed by atoms with Crippen molar-refractivity contribution in [3.63, 3.8) is 0 Å². The van der Waals surface area contributed by atoms with E-state index in [2.05, 4.69) is 5.32 Å². The Hall–Kier alpha value is -3.42. The quantitative estimate of drug-likeness (QED) is 0.833. The highest BCUT2D eigenvalue weighted by Crippen LogP contribution is 2.29. The highest BCUT2D eigenvalue weighted by atomic mass is 19.1. The summed E-state index contributed by atoms with van der Waals surface area (Å²) in [5.74, 6) is -2.48. The molecule has 2 amide bonds. The molecular weight excluding hydrogens is 355 g/mol. The zero-order valence-corrected chi connectivity index (χ0v) is 14.7.